The van der Waals surface area contributed by atoms with Gasteiger partial charge in [-0.15, -0.1) is 0 Å². The van der Waals surface area contributed by atoms with E-state index in [4.69, 9.17) is 11.1 Å². The maximum atomic E-state index is 11.5. The van der Waals surface area contributed by atoms with E-state index in [0.717, 1.165) is 11.8 Å². The van der Waals surface area contributed by atoms with Gasteiger partial charge in [0.2, 0.25) is 0 Å². The molecule has 0 bridgehead atoms. The van der Waals surface area contributed by atoms with Crippen molar-refractivity contribution in [2.75, 3.05) is 17.6 Å². The molecule has 0 saturated carbocycles. The number of nitrogens with one attached hydrogen (secondary N) is 3. The maximum Gasteiger partial charge on any atom is 0.319 e. The lowest BCUT2D eigenvalue weighted by molar-refractivity contribution is 0.253. The largest absolute Gasteiger partial charge is 0.399 e. The van der Waals surface area contributed by atoms with E-state index in [0.29, 0.717) is 17.9 Å². The van der Waals surface area contributed by atoms with Gasteiger partial charge in [-0.05, 0) is 35.9 Å². The molecule has 0 spiro atoms. The molecule has 0 aromatic heterocycles. The normalized spacial score (nSPS) is 10.6. The summed E-state index contributed by atoms with van der Waals surface area (Å²) in [5.41, 5.74) is 7.61. The average Bonchev–Trinajstić information content (AvgIpc) is 2.37. The number of hydrogen-bond donors (Lipinski definition) is 4. The van der Waals surface area contributed by atoms with E-state index in [2.05, 4.69) is 17.2 Å². The molecule has 0 radical (unpaired) electrons. The van der Waals surface area contributed by atoms with Gasteiger partial charge in [0.1, 0.15) is 0 Å². The van der Waals surface area contributed by atoms with Crippen molar-refractivity contribution in [3.63, 3.8) is 0 Å². The molecule has 0 aliphatic rings. The Balaban J connectivity index is 2.47. The first-order chi connectivity index (χ1) is 8.65. The molecule has 0 unspecified atom stereocenters. The van der Waals surface area contributed by atoms with Crippen LogP contribution in [0.1, 0.15) is 0 Å². The van der Waals surface area contributed by atoms with Crippen molar-refractivity contribution < 1.29 is 4.79 Å². The van der Waals surface area contributed by atoms with Crippen molar-refractivity contribution in [2.45, 2.75) is 0 Å². The van der Waals surface area contributed by atoms with E-state index < -0.39 is 0 Å². The highest BCUT2D eigenvalue weighted by Gasteiger charge is 2.01. The van der Waals surface area contributed by atoms with Gasteiger partial charge >= 0.3 is 6.03 Å². The lowest BCUT2D eigenvalue weighted by atomic mass is 10.2. The highest BCUT2D eigenvalue weighted by molar-refractivity contribution is 5.89. The number of nitrogens with two attached hydrogens (primary N) is 1. The Morgan fingerprint density at radius 3 is 2.61 bits per heavy atom. The molecule has 0 atom stereocenters. The third-order valence-electron chi connectivity index (χ3n) is 2.18. The van der Waals surface area contributed by atoms with Gasteiger partial charge in [0.25, 0.3) is 0 Å². The highest BCUT2D eigenvalue weighted by atomic mass is 16.2. The summed E-state index contributed by atoms with van der Waals surface area (Å²) in [6.07, 6.45) is 4.31. The molecule has 0 fully saturated rings. The summed E-state index contributed by atoms with van der Waals surface area (Å²) in [5, 5.41) is 12.3. The van der Waals surface area contributed by atoms with Gasteiger partial charge in [-0.2, -0.15) is 0 Å². The number of hydrogen-bond acceptors (Lipinski definition) is 3. The number of rotatable bonds is 5. The molecule has 0 saturated heterocycles. The van der Waals surface area contributed by atoms with E-state index >= 15 is 0 Å². The second kappa shape index (κ2) is 6.90. The number of carbonyl (C=O) groups excluding carboxylic acids is 1. The van der Waals surface area contributed by atoms with Crippen LogP contribution in [-0.4, -0.2) is 18.8 Å². The summed E-state index contributed by atoms with van der Waals surface area (Å²) in [6, 6.07) is 6.53. The molecule has 18 heavy (non-hydrogen) atoms. The number of allylic oxidation sites excluding steroid dienone is 1. The molecule has 94 valence electrons. The summed E-state index contributed by atoms with van der Waals surface area (Å²) < 4.78 is 0. The fourth-order valence-electron chi connectivity index (χ4n) is 1.23. The van der Waals surface area contributed by atoms with Gasteiger partial charge in [0.05, 0.1) is 0 Å². The van der Waals surface area contributed by atoms with Gasteiger partial charge in [-0.25, -0.2) is 4.79 Å². The molecule has 1 rings (SSSR count). The Morgan fingerprint density at radius 2 is 2.06 bits per heavy atom. The Bertz CT molecular complexity index is 462. The van der Waals surface area contributed by atoms with Crippen LogP contribution in [0.5, 0.6) is 0 Å². The van der Waals surface area contributed by atoms with Crippen LogP contribution in [0.2, 0.25) is 0 Å². The van der Waals surface area contributed by atoms with Gasteiger partial charge in [-0.3, -0.25) is 0 Å². The zero-order chi connectivity index (χ0) is 13.4. The van der Waals surface area contributed by atoms with Crippen molar-refractivity contribution in [2.24, 2.45) is 0 Å². The lowest BCUT2D eigenvalue weighted by Crippen LogP contribution is -2.30. The standard InChI is InChI=1S/C13H16N4O/c1-2-10(7-8-14)9-16-13(18)17-12-5-3-11(15)4-6-12/h2-8,14H,1,9,15H2,(H2,16,17,18)/b10-7+,14-8?. The second-order valence-electron chi connectivity index (χ2n) is 3.54. The SMILES string of the molecule is C=C/C(=C\C=N)CNC(=O)Nc1ccc(N)cc1. The van der Waals surface area contributed by atoms with Crippen molar-refractivity contribution in [3.8, 4) is 0 Å². The first kappa shape index (κ1) is 13.5. The average molecular weight is 244 g/mol. The highest BCUT2D eigenvalue weighted by Crippen LogP contribution is 2.09. The molecular weight excluding hydrogens is 228 g/mol. The molecule has 1 aromatic rings. The Hall–Kier alpha value is -2.56. The molecule has 1 aromatic carbocycles. The molecule has 0 aliphatic heterocycles. The predicted molar refractivity (Wildman–Crippen MR) is 74.9 cm³/mol. The second-order valence-corrected chi connectivity index (χ2v) is 3.54. The molecule has 0 aliphatic carbocycles. The number of amides is 2. The minimum absolute atomic E-state index is 0.319. The molecule has 5 nitrogen and oxygen atoms in total. The van der Waals surface area contributed by atoms with Crippen LogP contribution in [0.3, 0.4) is 0 Å². The summed E-state index contributed by atoms with van der Waals surface area (Å²) in [5.74, 6) is 0. The minimum Gasteiger partial charge on any atom is -0.399 e. The van der Waals surface area contributed by atoms with E-state index in [-0.39, 0.29) is 6.03 Å². The zero-order valence-corrected chi connectivity index (χ0v) is 9.94. The number of nitrogen functional groups attached to an aromatic ring is 1. The quantitative estimate of drug-likeness (QED) is 0.363. The van der Waals surface area contributed by atoms with Crippen LogP contribution in [0.15, 0.2) is 48.6 Å². The first-order valence-corrected chi connectivity index (χ1v) is 5.38. The molecule has 5 heteroatoms. The summed E-state index contributed by atoms with van der Waals surface area (Å²) in [7, 11) is 0. The number of benzene rings is 1. The first-order valence-electron chi connectivity index (χ1n) is 5.38. The van der Waals surface area contributed by atoms with Crippen LogP contribution in [0.4, 0.5) is 16.2 Å². The molecular formula is C13H16N4O. The summed E-state index contributed by atoms with van der Waals surface area (Å²) in [4.78, 5) is 11.5. The van der Waals surface area contributed by atoms with Gasteiger partial charge < -0.3 is 21.8 Å². The number of anilines is 2. The Morgan fingerprint density at radius 1 is 1.39 bits per heavy atom. The van der Waals surface area contributed by atoms with Crippen molar-refractivity contribution in [3.05, 3.63) is 48.6 Å². The van der Waals surface area contributed by atoms with Crippen LogP contribution >= 0.6 is 0 Å². The smallest absolute Gasteiger partial charge is 0.319 e. The van der Waals surface area contributed by atoms with Crippen LogP contribution in [0.25, 0.3) is 0 Å². The number of carbonyl (C=O) groups is 1. The molecule has 5 N–H and O–H groups in total. The summed E-state index contributed by atoms with van der Waals surface area (Å²) in [6.45, 7) is 3.91. The molecule has 2 amide bonds. The van der Waals surface area contributed by atoms with E-state index in [9.17, 15) is 4.79 Å². The topological polar surface area (TPSA) is 91.0 Å². The van der Waals surface area contributed by atoms with E-state index in [1.165, 1.54) is 0 Å². The van der Waals surface area contributed by atoms with Crippen LogP contribution in [-0.2, 0) is 0 Å². The summed E-state index contributed by atoms with van der Waals surface area (Å²) >= 11 is 0. The Kier molecular flexibility index (Phi) is 5.18. The fourth-order valence-corrected chi connectivity index (χ4v) is 1.23. The van der Waals surface area contributed by atoms with Crippen molar-refractivity contribution in [1.82, 2.24) is 5.32 Å². The zero-order valence-electron chi connectivity index (χ0n) is 9.94. The third-order valence-corrected chi connectivity index (χ3v) is 2.18. The predicted octanol–water partition coefficient (Wildman–Crippen LogP) is 2.15. The van der Waals surface area contributed by atoms with Gasteiger partial charge in [0, 0.05) is 24.1 Å². The maximum absolute atomic E-state index is 11.5. The van der Waals surface area contributed by atoms with Crippen LogP contribution in [0, 0.1) is 5.41 Å². The van der Waals surface area contributed by atoms with E-state index in [1.54, 1.807) is 36.4 Å². The lowest BCUT2D eigenvalue weighted by Gasteiger charge is -2.08. The van der Waals surface area contributed by atoms with E-state index in [1.807, 2.05) is 0 Å². The van der Waals surface area contributed by atoms with Crippen LogP contribution < -0.4 is 16.4 Å². The van der Waals surface area contributed by atoms with Gasteiger partial charge in [-0.1, -0.05) is 12.7 Å². The third kappa shape index (κ3) is 4.52. The fraction of sp³-hybridized carbons (Fsp3) is 0.0769. The monoisotopic (exact) mass is 244 g/mol. The Labute approximate surface area is 106 Å². The van der Waals surface area contributed by atoms with Gasteiger partial charge in [0.15, 0.2) is 0 Å². The molecule has 0 heterocycles. The van der Waals surface area contributed by atoms with Crippen molar-refractivity contribution >= 4 is 23.6 Å². The minimum atomic E-state index is -0.322. The number of urea groups is 1. The van der Waals surface area contributed by atoms with Crippen molar-refractivity contribution in [1.29, 1.82) is 5.41 Å².